The van der Waals surface area contributed by atoms with Crippen molar-refractivity contribution in [3.05, 3.63) is 89.7 Å². The molecule has 4 nitrogen and oxygen atoms in total. The molecule has 0 aliphatic rings. The number of aryl methyl sites for hydroxylation is 3. The average molecular weight is 415 g/mol. The predicted octanol–water partition coefficient (Wildman–Crippen LogP) is 6.65. The molecule has 1 heterocycles. The Labute approximate surface area is 184 Å². The summed E-state index contributed by atoms with van der Waals surface area (Å²) in [5.74, 6) is 2.80. The topological polar surface area (TPSA) is 36.3 Å². The number of unbranched alkanes of at least 4 members (excludes halogenated alkanes) is 1. The summed E-state index contributed by atoms with van der Waals surface area (Å²) in [5, 5.41) is 0. The second-order valence-electron chi connectivity index (χ2n) is 8.01. The Balaban J connectivity index is 1.42. The van der Waals surface area contributed by atoms with Crippen LogP contribution in [0.2, 0.25) is 0 Å². The Morgan fingerprint density at radius 1 is 0.903 bits per heavy atom. The van der Waals surface area contributed by atoms with Crippen LogP contribution in [0.5, 0.6) is 11.5 Å². The van der Waals surface area contributed by atoms with Crippen molar-refractivity contribution in [2.75, 3.05) is 6.61 Å². The van der Waals surface area contributed by atoms with Crippen molar-refractivity contribution >= 4 is 11.0 Å². The second-order valence-corrected chi connectivity index (χ2v) is 8.01. The quantitative estimate of drug-likeness (QED) is 0.288. The van der Waals surface area contributed by atoms with Crippen LogP contribution in [0.3, 0.4) is 0 Å². The van der Waals surface area contributed by atoms with Gasteiger partial charge in [0.05, 0.1) is 17.6 Å². The van der Waals surface area contributed by atoms with E-state index in [0.29, 0.717) is 6.61 Å². The SMILES string of the molecule is Cc1ccc(C)c(OCCCCn2c(C(C)Oc3ccccc3)nc3ccccc32)c1. The van der Waals surface area contributed by atoms with Gasteiger partial charge in [0.1, 0.15) is 11.5 Å². The summed E-state index contributed by atoms with van der Waals surface area (Å²) >= 11 is 0. The average Bonchev–Trinajstić information content (AvgIpc) is 3.15. The molecule has 3 aromatic carbocycles. The molecule has 0 saturated heterocycles. The zero-order chi connectivity index (χ0) is 21.6. The van der Waals surface area contributed by atoms with Gasteiger partial charge in [-0.15, -0.1) is 0 Å². The highest BCUT2D eigenvalue weighted by Gasteiger charge is 2.18. The number of hydrogen-bond acceptors (Lipinski definition) is 3. The molecule has 0 saturated carbocycles. The number of aromatic nitrogens is 2. The molecule has 4 rings (SSSR count). The van der Waals surface area contributed by atoms with Crippen LogP contribution in [-0.2, 0) is 6.54 Å². The van der Waals surface area contributed by atoms with E-state index in [1.807, 2.05) is 36.4 Å². The van der Waals surface area contributed by atoms with Crippen LogP contribution in [0.15, 0.2) is 72.8 Å². The Morgan fingerprint density at radius 2 is 1.68 bits per heavy atom. The van der Waals surface area contributed by atoms with Crippen LogP contribution in [0.25, 0.3) is 11.0 Å². The number of nitrogens with zero attached hydrogens (tertiary/aromatic N) is 2. The maximum absolute atomic E-state index is 6.17. The van der Waals surface area contributed by atoms with Gasteiger partial charge in [-0.3, -0.25) is 0 Å². The van der Waals surface area contributed by atoms with Gasteiger partial charge in [0.25, 0.3) is 0 Å². The fourth-order valence-electron chi connectivity index (χ4n) is 3.81. The molecule has 1 unspecified atom stereocenters. The summed E-state index contributed by atoms with van der Waals surface area (Å²) in [6, 6.07) is 24.6. The number of rotatable bonds is 9. The Bertz CT molecular complexity index is 1130. The van der Waals surface area contributed by atoms with Crippen LogP contribution in [0.1, 0.15) is 42.8 Å². The van der Waals surface area contributed by atoms with Gasteiger partial charge in [0, 0.05) is 6.54 Å². The number of para-hydroxylation sites is 3. The van der Waals surface area contributed by atoms with Gasteiger partial charge < -0.3 is 14.0 Å². The standard InChI is InChI=1S/C27H30N2O2/c1-20-15-16-21(2)26(19-20)30-18-10-9-17-29-25-14-8-7-13-24(25)28-27(29)22(3)31-23-11-5-4-6-12-23/h4-8,11-16,19,22H,9-10,17-18H2,1-3H3. The largest absolute Gasteiger partial charge is 0.493 e. The van der Waals surface area contributed by atoms with Crippen LogP contribution in [0.4, 0.5) is 0 Å². The molecule has 0 fully saturated rings. The maximum atomic E-state index is 6.17. The van der Waals surface area contributed by atoms with Crippen molar-refractivity contribution in [2.24, 2.45) is 0 Å². The molecule has 1 aromatic heterocycles. The van der Waals surface area contributed by atoms with Crippen LogP contribution < -0.4 is 9.47 Å². The van der Waals surface area contributed by atoms with E-state index in [4.69, 9.17) is 14.5 Å². The third-order valence-corrected chi connectivity index (χ3v) is 5.48. The minimum atomic E-state index is -0.138. The fraction of sp³-hybridized carbons (Fsp3) is 0.296. The first kappa shape index (κ1) is 21.0. The minimum Gasteiger partial charge on any atom is -0.493 e. The van der Waals surface area contributed by atoms with Crippen molar-refractivity contribution in [3.8, 4) is 11.5 Å². The lowest BCUT2D eigenvalue weighted by atomic mass is 10.1. The summed E-state index contributed by atoms with van der Waals surface area (Å²) in [5.41, 5.74) is 4.56. The molecular formula is C27H30N2O2. The van der Waals surface area contributed by atoms with E-state index in [0.717, 1.165) is 47.7 Å². The molecule has 160 valence electrons. The van der Waals surface area contributed by atoms with E-state index in [1.165, 1.54) is 11.1 Å². The van der Waals surface area contributed by atoms with Crippen molar-refractivity contribution in [3.63, 3.8) is 0 Å². The Kier molecular flexibility index (Phi) is 6.56. The third-order valence-electron chi connectivity index (χ3n) is 5.48. The molecule has 31 heavy (non-hydrogen) atoms. The van der Waals surface area contributed by atoms with Crippen LogP contribution in [-0.4, -0.2) is 16.2 Å². The van der Waals surface area contributed by atoms with Gasteiger partial charge in [-0.05, 0) is 75.1 Å². The minimum absolute atomic E-state index is 0.138. The highest BCUT2D eigenvalue weighted by Crippen LogP contribution is 2.26. The summed E-state index contributed by atoms with van der Waals surface area (Å²) in [7, 11) is 0. The van der Waals surface area contributed by atoms with Crippen molar-refractivity contribution in [1.29, 1.82) is 0 Å². The first-order valence-electron chi connectivity index (χ1n) is 11.0. The zero-order valence-corrected chi connectivity index (χ0v) is 18.5. The number of fused-ring (bicyclic) bond motifs is 1. The fourth-order valence-corrected chi connectivity index (χ4v) is 3.81. The molecule has 0 amide bonds. The number of hydrogen-bond donors (Lipinski definition) is 0. The maximum Gasteiger partial charge on any atom is 0.153 e. The van der Waals surface area contributed by atoms with E-state index in [-0.39, 0.29) is 6.10 Å². The molecule has 4 heteroatoms. The molecule has 0 aliphatic carbocycles. The van der Waals surface area contributed by atoms with Crippen molar-refractivity contribution in [2.45, 2.75) is 46.3 Å². The van der Waals surface area contributed by atoms with Gasteiger partial charge in [-0.25, -0.2) is 4.98 Å². The lowest BCUT2D eigenvalue weighted by molar-refractivity contribution is 0.211. The van der Waals surface area contributed by atoms with E-state index < -0.39 is 0 Å². The Hall–Kier alpha value is -3.27. The highest BCUT2D eigenvalue weighted by atomic mass is 16.5. The van der Waals surface area contributed by atoms with Crippen LogP contribution in [0, 0.1) is 13.8 Å². The molecule has 0 aliphatic heterocycles. The molecule has 0 spiro atoms. The van der Waals surface area contributed by atoms with Gasteiger partial charge in [0.2, 0.25) is 0 Å². The molecule has 4 aromatic rings. The van der Waals surface area contributed by atoms with Crippen LogP contribution >= 0.6 is 0 Å². The van der Waals surface area contributed by atoms with Crippen molar-refractivity contribution < 1.29 is 9.47 Å². The monoisotopic (exact) mass is 414 g/mol. The van der Waals surface area contributed by atoms with Gasteiger partial charge in [-0.1, -0.05) is 42.5 Å². The number of benzene rings is 3. The Morgan fingerprint density at radius 3 is 2.52 bits per heavy atom. The lowest BCUT2D eigenvalue weighted by Gasteiger charge is -2.17. The van der Waals surface area contributed by atoms with Gasteiger partial charge >= 0.3 is 0 Å². The number of ether oxygens (including phenoxy) is 2. The molecule has 0 radical (unpaired) electrons. The molecule has 1 atom stereocenters. The normalized spacial score (nSPS) is 12.1. The smallest absolute Gasteiger partial charge is 0.153 e. The van der Waals surface area contributed by atoms with E-state index in [2.05, 4.69) is 61.7 Å². The van der Waals surface area contributed by atoms with Gasteiger partial charge in [0.15, 0.2) is 11.9 Å². The lowest BCUT2D eigenvalue weighted by Crippen LogP contribution is -2.12. The summed E-state index contributed by atoms with van der Waals surface area (Å²) in [6.07, 6.45) is 1.85. The van der Waals surface area contributed by atoms with Gasteiger partial charge in [-0.2, -0.15) is 0 Å². The summed E-state index contributed by atoms with van der Waals surface area (Å²) < 4.78 is 14.5. The second kappa shape index (κ2) is 9.69. The van der Waals surface area contributed by atoms with Crippen molar-refractivity contribution in [1.82, 2.24) is 9.55 Å². The molecular weight excluding hydrogens is 384 g/mol. The summed E-state index contributed by atoms with van der Waals surface area (Å²) in [4.78, 5) is 4.88. The summed E-state index contributed by atoms with van der Waals surface area (Å²) in [6.45, 7) is 7.84. The first-order chi connectivity index (χ1) is 15.1. The third kappa shape index (κ3) is 5.08. The van der Waals surface area contributed by atoms with E-state index in [1.54, 1.807) is 0 Å². The molecule has 0 N–H and O–H groups in total. The van der Waals surface area contributed by atoms with E-state index >= 15 is 0 Å². The highest BCUT2D eigenvalue weighted by molar-refractivity contribution is 5.76. The molecule has 0 bridgehead atoms. The zero-order valence-electron chi connectivity index (χ0n) is 18.5. The van der Waals surface area contributed by atoms with E-state index in [9.17, 15) is 0 Å². The first-order valence-corrected chi connectivity index (χ1v) is 11.0. The number of imidazole rings is 1. The predicted molar refractivity (Wildman–Crippen MR) is 126 cm³/mol.